The number of carbonyl (C=O) groups excluding carboxylic acids is 1. The third-order valence-corrected chi connectivity index (χ3v) is 4.13. The molecule has 3 rings (SSSR count). The van der Waals surface area contributed by atoms with E-state index in [9.17, 15) is 4.79 Å². The van der Waals surface area contributed by atoms with Crippen LogP contribution in [0.3, 0.4) is 0 Å². The molecule has 0 fully saturated rings. The molecule has 2 aromatic heterocycles. The molecule has 1 aromatic carbocycles. The largest absolute Gasteiger partial charge is 0.306 e. The van der Waals surface area contributed by atoms with Crippen LogP contribution < -0.4 is 5.32 Å². The SMILES string of the molecule is Cn1cc(/C=C/C(=O)Nc2ccn(Cc3c(Cl)cccc3Cl)n2)cn1. The van der Waals surface area contributed by atoms with Crippen molar-refractivity contribution in [3.8, 4) is 0 Å². The molecule has 0 aliphatic carbocycles. The van der Waals surface area contributed by atoms with Gasteiger partial charge in [0.2, 0.25) is 5.91 Å². The maximum atomic E-state index is 12.0. The number of carbonyl (C=O) groups is 1. The number of rotatable bonds is 5. The summed E-state index contributed by atoms with van der Waals surface area (Å²) in [6, 6.07) is 7.05. The molecule has 2 heterocycles. The van der Waals surface area contributed by atoms with Crippen molar-refractivity contribution in [1.29, 1.82) is 0 Å². The number of anilines is 1. The molecule has 0 bridgehead atoms. The average Bonchev–Trinajstić information content (AvgIpc) is 3.18. The van der Waals surface area contributed by atoms with Crippen LogP contribution in [0.5, 0.6) is 0 Å². The van der Waals surface area contributed by atoms with Gasteiger partial charge in [-0.2, -0.15) is 10.2 Å². The lowest BCUT2D eigenvalue weighted by atomic mass is 10.2. The van der Waals surface area contributed by atoms with E-state index in [2.05, 4.69) is 15.5 Å². The van der Waals surface area contributed by atoms with Gasteiger partial charge >= 0.3 is 0 Å². The van der Waals surface area contributed by atoms with E-state index >= 15 is 0 Å². The van der Waals surface area contributed by atoms with Gasteiger partial charge in [0.25, 0.3) is 0 Å². The number of nitrogens with zero attached hydrogens (tertiary/aromatic N) is 4. The van der Waals surface area contributed by atoms with Crippen LogP contribution in [0, 0.1) is 0 Å². The van der Waals surface area contributed by atoms with Crippen molar-refractivity contribution in [2.75, 3.05) is 5.32 Å². The fraction of sp³-hybridized carbons (Fsp3) is 0.118. The van der Waals surface area contributed by atoms with Crippen LogP contribution in [0.25, 0.3) is 6.08 Å². The summed E-state index contributed by atoms with van der Waals surface area (Å²) < 4.78 is 3.33. The summed E-state index contributed by atoms with van der Waals surface area (Å²) in [7, 11) is 1.81. The number of amides is 1. The van der Waals surface area contributed by atoms with Crippen molar-refractivity contribution in [1.82, 2.24) is 19.6 Å². The summed E-state index contributed by atoms with van der Waals surface area (Å²) in [5, 5.41) is 12.2. The third-order valence-electron chi connectivity index (χ3n) is 3.43. The van der Waals surface area contributed by atoms with Gasteiger partial charge in [0, 0.05) is 52.8 Å². The van der Waals surface area contributed by atoms with Gasteiger partial charge in [0.1, 0.15) is 0 Å². The maximum Gasteiger partial charge on any atom is 0.249 e. The highest BCUT2D eigenvalue weighted by molar-refractivity contribution is 6.35. The third kappa shape index (κ3) is 4.49. The normalized spacial score (nSPS) is 11.2. The summed E-state index contributed by atoms with van der Waals surface area (Å²) in [6.07, 6.45) is 8.35. The van der Waals surface area contributed by atoms with E-state index in [0.717, 1.165) is 11.1 Å². The number of aromatic nitrogens is 4. The Bertz CT molecular complexity index is 909. The number of nitrogens with one attached hydrogen (secondary N) is 1. The lowest BCUT2D eigenvalue weighted by molar-refractivity contribution is -0.111. The first-order valence-electron chi connectivity index (χ1n) is 7.45. The topological polar surface area (TPSA) is 64.7 Å². The fourth-order valence-corrected chi connectivity index (χ4v) is 2.74. The molecule has 128 valence electrons. The van der Waals surface area contributed by atoms with Crippen molar-refractivity contribution in [3.05, 3.63) is 70.1 Å². The lowest BCUT2D eigenvalue weighted by Gasteiger charge is -2.06. The van der Waals surface area contributed by atoms with Gasteiger partial charge in [-0.25, -0.2) is 0 Å². The molecule has 1 amide bonds. The van der Waals surface area contributed by atoms with Crippen molar-refractivity contribution in [2.24, 2.45) is 7.05 Å². The predicted octanol–water partition coefficient (Wildman–Crippen LogP) is 3.62. The second-order valence-corrected chi connectivity index (χ2v) is 6.18. The van der Waals surface area contributed by atoms with Crippen molar-refractivity contribution < 1.29 is 4.79 Å². The average molecular weight is 376 g/mol. The quantitative estimate of drug-likeness (QED) is 0.692. The van der Waals surface area contributed by atoms with Gasteiger partial charge in [-0.3, -0.25) is 14.2 Å². The smallest absolute Gasteiger partial charge is 0.249 e. The second kappa shape index (κ2) is 7.55. The summed E-state index contributed by atoms with van der Waals surface area (Å²) in [5.74, 6) is 0.175. The molecule has 0 unspecified atom stereocenters. The Morgan fingerprint density at radius 2 is 2.04 bits per heavy atom. The molecule has 0 saturated carbocycles. The van der Waals surface area contributed by atoms with Gasteiger partial charge in [-0.1, -0.05) is 29.3 Å². The van der Waals surface area contributed by atoms with Gasteiger partial charge in [0.15, 0.2) is 5.82 Å². The number of hydrogen-bond acceptors (Lipinski definition) is 3. The van der Waals surface area contributed by atoms with Gasteiger partial charge in [-0.15, -0.1) is 0 Å². The minimum Gasteiger partial charge on any atom is -0.306 e. The summed E-state index contributed by atoms with van der Waals surface area (Å²) >= 11 is 12.3. The minimum atomic E-state index is -0.273. The molecule has 0 aliphatic rings. The zero-order valence-electron chi connectivity index (χ0n) is 13.4. The first kappa shape index (κ1) is 17.3. The van der Waals surface area contributed by atoms with E-state index < -0.39 is 0 Å². The molecule has 0 spiro atoms. The Balaban J connectivity index is 1.63. The minimum absolute atomic E-state index is 0.273. The summed E-state index contributed by atoms with van der Waals surface area (Å²) in [4.78, 5) is 12.0. The van der Waals surface area contributed by atoms with E-state index in [1.807, 2.05) is 13.2 Å². The zero-order chi connectivity index (χ0) is 17.8. The predicted molar refractivity (Wildman–Crippen MR) is 98.7 cm³/mol. The molecule has 0 atom stereocenters. The van der Waals surface area contributed by atoms with E-state index in [1.165, 1.54) is 6.08 Å². The lowest BCUT2D eigenvalue weighted by Crippen LogP contribution is -2.09. The number of hydrogen-bond donors (Lipinski definition) is 1. The van der Waals surface area contributed by atoms with Gasteiger partial charge in [-0.05, 0) is 18.2 Å². The number of halogens is 2. The van der Waals surface area contributed by atoms with Crippen LogP contribution in [-0.2, 0) is 18.4 Å². The first-order valence-corrected chi connectivity index (χ1v) is 8.21. The molecule has 6 nitrogen and oxygen atoms in total. The van der Waals surface area contributed by atoms with Crippen LogP contribution >= 0.6 is 23.2 Å². The van der Waals surface area contributed by atoms with E-state index in [1.54, 1.807) is 52.1 Å². The Morgan fingerprint density at radius 3 is 2.72 bits per heavy atom. The highest BCUT2D eigenvalue weighted by Gasteiger charge is 2.08. The molecular formula is C17H15Cl2N5O. The van der Waals surface area contributed by atoms with Crippen LogP contribution in [0.1, 0.15) is 11.1 Å². The molecule has 0 radical (unpaired) electrons. The van der Waals surface area contributed by atoms with Gasteiger partial charge < -0.3 is 5.32 Å². The van der Waals surface area contributed by atoms with E-state index in [4.69, 9.17) is 23.2 Å². The Labute approximate surface area is 154 Å². The van der Waals surface area contributed by atoms with E-state index in [0.29, 0.717) is 22.4 Å². The second-order valence-electron chi connectivity index (χ2n) is 5.37. The maximum absolute atomic E-state index is 12.0. The fourth-order valence-electron chi connectivity index (χ4n) is 2.23. The monoisotopic (exact) mass is 375 g/mol. The molecule has 0 saturated heterocycles. The first-order chi connectivity index (χ1) is 12.0. The standard InChI is InChI=1S/C17H15Cl2N5O/c1-23-10-12(9-20-23)5-6-17(25)21-16-7-8-24(22-16)11-13-14(18)3-2-4-15(13)19/h2-10H,11H2,1H3,(H,21,22,25)/b6-5+. The van der Waals surface area contributed by atoms with Crippen molar-refractivity contribution in [3.63, 3.8) is 0 Å². The van der Waals surface area contributed by atoms with Crippen LogP contribution in [0.4, 0.5) is 5.82 Å². The zero-order valence-corrected chi connectivity index (χ0v) is 14.9. The highest BCUT2D eigenvalue weighted by atomic mass is 35.5. The summed E-state index contributed by atoms with van der Waals surface area (Å²) in [6.45, 7) is 0.417. The molecular weight excluding hydrogens is 361 g/mol. The molecule has 8 heteroatoms. The van der Waals surface area contributed by atoms with Crippen LogP contribution in [0.15, 0.2) is 48.9 Å². The van der Waals surface area contributed by atoms with Crippen LogP contribution in [0.2, 0.25) is 10.0 Å². The molecule has 25 heavy (non-hydrogen) atoms. The summed E-state index contributed by atoms with van der Waals surface area (Å²) in [5.41, 5.74) is 1.62. The molecule has 3 aromatic rings. The Morgan fingerprint density at radius 1 is 1.28 bits per heavy atom. The van der Waals surface area contributed by atoms with Crippen molar-refractivity contribution in [2.45, 2.75) is 6.54 Å². The van der Waals surface area contributed by atoms with Crippen LogP contribution in [-0.4, -0.2) is 25.5 Å². The highest BCUT2D eigenvalue weighted by Crippen LogP contribution is 2.25. The van der Waals surface area contributed by atoms with E-state index in [-0.39, 0.29) is 5.91 Å². The molecule has 1 N–H and O–H groups in total. The number of benzene rings is 1. The Hall–Kier alpha value is -2.57. The van der Waals surface area contributed by atoms with Crippen molar-refractivity contribution >= 4 is 41.0 Å². The molecule has 0 aliphatic heterocycles. The number of aryl methyl sites for hydroxylation is 1. The van der Waals surface area contributed by atoms with Gasteiger partial charge in [0.05, 0.1) is 12.7 Å². The Kier molecular flexibility index (Phi) is 5.21.